The second-order valence-corrected chi connectivity index (χ2v) is 6.55. The first-order chi connectivity index (χ1) is 10.1. The second kappa shape index (κ2) is 5.21. The molecule has 2 N–H and O–H groups in total. The molecule has 5 nitrogen and oxygen atoms in total. The predicted molar refractivity (Wildman–Crippen MR) is 81.1 cm³/mol. The van der Waals surface area contributed by atoms with Gasteiger partial charge in [0.25, 0.3) is 10.0 Å². The van der Waals surface area contributed by atoms with E-state index < -0.39 is 16.1 Å². The molecular formula is C15H15N3O2S. The predicted octanol–water partition coefficient (Wildman–Crippen LogP) is 1.75. The minimum atomic E-state index is -3.71. The maximum absolute atomic E-state index is 12.8. The van der Waals surface area contributed by atoms with Crippen LogP contribution < -0.4 is 5.73 Å². The molecule has 3 rings (SSSR count). The Labute approximate surface area is 123 Å². The summed E-state index contributed by atoms with van der Waals surface area (Å²) in [4.78, 5) is 4.32. The molecule has 1 aliphatic heterocycles. The van der Waals surface area contributed by atoms with Crippen molar-refractivity contribution in [2.45, 2.75) is 10.9 Å². The van der Waals surface area contributed by atoms with Gasteiger partial charge >= 0.3 is 0 Å². The first kappa shape index (κ1) is 13.6. The SMILES string of the molecule is NC1=NCC(c2ccccc2)N1S(=O)(=O)c1ccccc1. The van der Waals surface area contributed by atoms with E-state index in [2.05, 4.69) is 4.99 Å². The van der Waals surface area contributed by atoms with Gasteiger partial charge in [-0.2, -0.15) is 0 Å². The highest BCUT2D eigenvalue weighted by molar-refractivity contribution is 7.89. The van der Waals surface area contributed by atoms with E-state index in [0.717, 1.165) is 5.56 Å². The Bertz CT molecular complexity index is 758. The van der Waals surface area contributed by atoms with Crippen molar-refractivity contribution < 1.29 is 8.42 Å². The quantitative estimate of drug-likeness (QED) is 0.938. The molecule has 0 aromatic heterocycles. The first-order valence-electron chi connectivity index (χ1n) is 6.55. The number of aliphatic imine (C=N–C) groups is 1. The molecule has 0 spiro atoms. The molecule has 6 heteroatoms. The molecule has 2 aromatic carbocycles. The molecule has 1 heterocycles. The van der Waals surface area contributed by atoms with Crippen LogP contribution in [0.3, 0.4) is 0 Å². The highest BCUT2D eigenvalue weighted by Crippen LogP contribution is 2.31. The minimum Gasteiger partial charge on any atom is -0.369 e. The minimum absolute atomic E-state index is 0.0349. The van der Waals surface area contributed by atoms with Crippen LogP contribution in [0.4, 0.5) is 0 Å². The summed E-state index contributed by atoms with van der Waals surface area (Å²) in [5.74, 6) is 0.0349. The summed E-state index contributed by atoms with van der Waals surface area (Å²) in [5.41, 5.74) is 6.70. The normalized spacial score (nSPS) is 18.6. The first-order valence-corrected chi connectivity index (χ1v) is 7.99. The standard InChI is InChI=1S/C15H15N3O2S/c16-15-17-11-14(12-7-3-1-4-8-12)18(15)21(19,20)13-9-5-2-6-10-13/h1-10,14H,11H2,(H2,16,17). The van der Waals surface area contributed by atoms with Crippen molar-refractivity contribution in [2.24, 2.45) is 10.7 Å². The summed E-state index contributed by atoms with van der Waals surface area (Å²) < 4.78 is 26.8. The summed E-state index contributed by atoms with van der Waals surface area (Å²) in [6.45, 7) is 0.335. The number of hydrogen-bond donors (Lipinski definition) is 1. The molecule has 0 radical (unpaired) electrons. The number of guanidine groups is 1. The van der Waals surface area contributed by atoms with E-state index >= 15 is 0 Å². The number of benzene rings is 2. The third-order valence-corrected chi connectivity index (χ3v) is 5.25. The van der Waals surface area contributed by atoms with Gasteiger partial charge in [0.15, 0.2) is 0 Å². The van der Waals surface area contributed by atoms with Gasteiger partial charge in [-0.15, -0.1) is 0 Å². The van der Waals surface area contributed by atoms with Gasteiger partial charge in [0.05, 0.1) is 17.5 Å². The largest absolute Gasteiger partial charge is 0.369 e. The summed E-state index contributed by atoms with van der Waals surface area (Å²) in [6.07, 6.45) is 0. The molecule has 0 aliphatic carbocycles. The van der Waals surface area contributed by atoms with Gasteiger partial charge in [0.1, 0.15) is 0 Å². The summed E-state index contributed by atoms with van der Waals surface area (Å²) in [6, 6.07) is 17.3. The zero-order valence-corrected chi connectivity index (χ0v) is 12.1. The van der Waals surface area contributed by atoms with Crippen LogP contribution in [0.2, 0.25) is 0 Å². The molecule has 0 saturated carbocycles. The van der Waals surface area contributed by atoms with Crippen molar-refractivity contribution in [3.63, 3.8) is 0 Å². The summed E-state index contributed by atoms with van der Waals surface area (Å²) in [7, 11) is -3.71. The number of nitrogens with two attached hydrogens (primary N) is 1. The Morgan fingerprint density at radius 2 is 1.57 bits per heavy atom. The molecule has 2 aromatic rings. The third-order valence-electron chi connectivity index (χ3n) is 3.42. The molecule has 21 heavy (non-hydrogen) atoms. The number of hydrogen-bond acceptors (Lipinski definition) is 4. The lowest BCUT2D eigenvalue weighted by atomic mass is 10.1. The van der Waals surface area contributed by atoms with Crippen molar-refractivity contribution in [3.05, 3.63) is 66.2 Å². The topological polar surface area (TPSA) is 75.8 Å². The van der Waals surface area contributed by atoms with Crippen LogP contribution in [0.5, 0.6) is 0 Å². The smallest absolute Gasteiger partial charge is 0.267 e. The maximum atomic E-state index is 12.8. The van der Waals surface area contributed by atoms with Crippen molar-refractivity contribution in [3.8, 4) is 0 Å². The molecule has 1 aliphatic rings. The van der Waals surface area contributed by atoms with Crippen LogP contribution in [0.25, 0.3) is 0 Å². The average Bonchev–Trinajstić information content (AvgIpc) is 2.91. The Morgan fingerprint density at radius 1 is 1.00 bits per heavy atom. The Hall–Kier alpha value is -2.34. The van der Waals surface area contributed by atoms with E-state index in [1.807, 2.05) is 30.3 Å². The van der Waals surface area contributed by atoms with E-state index in [-0.39, 0.29) is 10.9 Å². The third kappa shape index (κ3) is 2.38. The highest BCUT2D eigenvalue weighted by atomic mass is 32.2. The van der Waals surface area contributed by atoms with Crippen molar-refractivity contribution in [2.75, 3.05) is 6.54 Å². The van der Waals surface area contributed by atoms with Gasteiger partial charge in [-0.1, -0.05) is 48.5 Å². The van der Waals surface area contributed by atoms with Gasteiger partial charge in [0.2, 0.25) is 5.96 Å². The second-order valence-electron chi connectivity index (χ2n) is 4.74. The zero-order valence-electron chi connectivity index (χ0n) is 11.3. The van der Waals surface area contributed by atoms with E-state index in [0.29, 0.717) is 6.54 Å². The summed E-state index contributed by atoms with van der Waals surface area (Å²) in [5, 5.41) is 0. The molecule has 0 saturated heterocycles. The molecule has 1 atom stereocenters. The fourth-order valence-corrected chi connectivity index (χ4v) is 3.95. The molecular weight excluding hydrogens is 286 g/mol. The van der Waals surface area contributed by atoms with Crippen molar-refractivity contribution >= 4 is 16.0 Å². The monoisotopic (exact) mass is 301 g/mol. The zero-order chi connectivity index (χ0) is 14.9. The lowest BCUT2D eigenvalue weighted by molar-refractivity contribution is 0.467. The number of nitrogens with zero attached hydrogens (tertiary/aromatic N) is 2. The molecule has 0 bridgehead atoms. The van der Waals surface area contributed by atoms with Crippen LogP contribution >= 0.6 is 0 Å². The van der Waals surface area contributed by atoms with Crippen LogP contribution in [-0.4, -0.2) is 25.2 Å². The summed E-state index contributed by atoms with van der Waals surface area (Å²) >= 11 is 0. The van der Waals surface area contributed by atoms with Crippen LogP contribution in [0, 0.1) is 0 Å². The fraction of sp³-hybridized carbons (Fsp3) is 0.133. The lowest BCUT2D eigenvalue weighted by Gasteiger charge is -2.25. The van der Waals surface area contributed by atoms with E-state index in [4.69, 9.17) is 5.73 Å². The fourth-order valence-electron chi connectivity index (χ4n) is 2.40. The number of sulfonamides is 1. The van der Waals surface area contributed by atoms with Gasteiger partial charge in [0, 0.05) is 0 Å². The highest BCUT2D eigenvalue weighted by Gasteiger charge is 2.37. The molecule has 108 valence electrons. The van der Waals surface area contributed by atoms with E-state index in [9.17, 15) is 8.42 Å². The lowest BCUT2D eigenvalue weighted by Crippen LogP contribution is -2.40. The molecule has 0 fully saturated rings. The average molecular weight is 301 g/mol. The van der Waals surface area contributed by atoms with Gasteiger partial charge in [-0.25, -0.2) is 17.7 Å². The molecule has 0 amide bonds. The van der Waals surface area contributed by atoms with Gasteiger partial charge in [-0.3, -0.25) is 0 Å². The van der Waals surface area contributed by atoms with Crippen LogP contribution in [0.15, 0.2) is 70.6 Å². The van der Waals surface area contributed by atoms with E-state index in [1.165, 1.54) is 4.31 Å². The van der Waals surface area contributed by atoms with Crippen LogP contribution in [0.1, 0.15) is 11.6 Å². The van der Waals surface area contributed by atoms with E-state index in [1.54, 1.807) is 30.3 Å². The number of rotatable bonds is 3. The Morgan fingerprint density at radius 3 is 2.19 bits per heavy atom. The maximum Gasteiger partial charge on any atom is 0.267 e. The Balaban J connectivity index is 2.04. The van der Waals surface area contributed by atoms with Crippen molar-refractivity contribution in [1.29, 1.82) is 0 Å². The Kier molecular flexibility index (Phi) is 3.39. The van der Waals surface area contributed by atoms with Gasteiger partial charge < -0.3 is 5.73 Å². The van der Waals surface area contributed by atoms with Gasteiger partial charge in [-0.05, 0) is 17.7 Å². The molecule has 1 unspecified atom stereocenters. The van der Waals surface area contributed by atoms with Crippen LogP contribution in [-0.2, 0) is 10.0 Å². The van der Waals surface area contributed by atoms with Crippen molar-refractivity contribution in [1.82, 2.24) is 4.31 Å².